The van der Waals surface area contributed by atoms with Gasteiger partial charge in [0.05, 0.1) is 22.6 Å². The fraction of sp³-hybridized carbons (Fsp3) is 0.385. The minimum atomic E-state index is -1.04. The molecule has 0 aliphatic carbocycles. The lowest BCUT2D eigenvalue weighted by atomic mass is 10.0. The average molecular weight is 320 g/mol. The SMILES string of the molecule is CC(C(=O)NCCOCC(=O)O)c1ccc(Cl)c(Cl)c1. The van der Waals surface area contributed by atoms with Gasteiger partial charge in [0.15, 0.2) is 0 Å². The van der Waals surface area contributed by atoms with Gasteiger partial charge < -0.3 is 15.2 Å². The summed E-state index contributed by atoms with van der Waals surface area (Å²) in [6.45, 7) is 1.76. The van der Waals surface area contributed by atoms with E-state index in [4.69, 9.17) is 33.0 Å². The fourth-order valence-electron chi connectivity index (χ4n) is 1.49. The first kappa shape index (κ1) is 16.8. The summed E-state index contributed by atoms with van der Waals surface area (Å²) in [5.41, 5.74) is 0.753. The number of amides is 1. The minimum absolute atomic E-state index is 0.145. The molecule has 0 aliphatic rings. The number of hydrogen-bond acceptors (Lipinski definition) is 3. The van der Waals surface area contributed by atoms with E-state index in [0.29, 0.717) is 10.0 Å². The molecule has 0 bridgehead atoms. The molecule has 1 amide bonds. The summed E-state index contributed by atoms with van der Waals surface area (Å²) in [6.07, 6.45) is 0. The van der Waals surface area contributed by atoms with Crippen molar-refractivity contribution in [2.24, 2.45) is 0 Å². The van der Waals surface area contributed by atoms with Crippen LogP contribution in [-0.4, -0.2) is 36.7 Å². The van der Waals surface area contributed by atoms with Gasteiger partial charge in [-0.1, -0.05) is 29.3 Å². The maximum absolute atomic E-state index is 11.9. The molecule has 110 valence electrons. The van der Waals surface area contributed by atoms with Crippen LogP contribution in [0.2, 0.25) is 10.0 Å². The van der Waals surface area contributed by atoms with Crippen molar-refractivity contribution in [3.8, 4) is 0 Å². The topological polar surface area (TPSA) is 75.6 Å². The van der Waals surface area contributed by atoms with Crippen molar-refractivity contribution in [3.05, 3.63) is 33.8 Å². The molecule has 0 saturated carbocycles. The Bertz CT molecular complexity index is 493. The number of benzene rings is 1. The molecule has 0 aliphatic heterocycles. The second-order valence-corrected chi connectivity index (χ2v) is 4.95. The van der Waals surface area contributed by atoms with Crippen LogP contribution in [0.5, 0.6) is 0 Å². The minimum Gasteiger partial charge on any atom is -0.480 e. The zero-order valence-electron chi connectivity index (χ0n) is 10.9. The van der Waals surface area contributed by atoms with E-state index in [1.54, 1.807) is 25.1 Å². The van der Waals surface area contributed by atoms with Crippen LogP contribution in [0.25, 0.3) is 0 Å². The number of aliphatic carboxylic acids is 1. The molecule has 0 heterocycles. The Hall–Kier alpha value is -1.30. The molecule has 1 rings (SSSR count). The van der Waals surface area contributed by atoms with Crippen molar-refractivity contribution in [2.75, 3.05) is 19.8 Å². The van der Waals surface area contributed by atoms with E-state index in [0.717, 1.165) is 5.56 Å². The normalized spacial score (nSPS) is 11.9. The first-order valence-corrected chi connectivity index (χ1v) is 6.69. The molecule has 7 heteroatoms. The van der Waals surface area contributed by atoms with Gasteiger partial charge in [-0.3, -0.25) is 4.79 Å². The molecule has 20 heavy (non-hydrogen) atoms. The lowest BCUT2D eigenvalue weighted by Gasteiger charge is -2.13. The second kappa shape index (κ2) is 8.09. The van der Waals surface area contributed by atoms with Gasteiger partial charge in [-0.05, 0) is 24.6 Å². The summed E-state index contributed by atoms with van der Waals surface area (Å²) in [5, 5.41) is 11.9. The zero-order valence-corrected chi connectivity index (χ0v) is 12.4. The van der Waals surface area contributed by atoms with E-state index in [-0.39, 0.29) is 31.6 Å². The number of carboxylic acid groups (broad SMARTS) is 1. The highest BCUT2D eigenvalue weighted by Gasteiger charge is 2.15. The molecule has 2 N–H and O–H groups in total. The van der Waals surface area contributed by atoms with Crippen LogP contribution < -0.4 is 5.32 Å². The molecule has 5 nitrogen and oxygen atoms in total. The molecule has 1 aromatic carbocycles. The number of halogens is 2. The van der Waals surface area contributed by atoms with E-state index >= 15 is 0 Å². The Kier molecular flexibility index (Phi) is 6.78. The molecule has 0 aromatic heterocycles. The smallest absolute Gasteiger partial charge is 0.329 e. The van der Waals surface area contributed by atoms with Crippen molar-refractivity contribution in [1.82, 2.24) is 5.32 Å². The molecule has 1 aromatic rings. The Morgan fingerprint density at radius 3 is 2.65 bits per heavy atom. The van der Waals surface area contributed by atoms with Crippen LogP contribution in [0.3, 0.4) is 0 Å². The number of carbonyl (C=O) groups is 2. The molecular formula is C13H15Cl2NO4. The number of carboxylic acids is 1. The van der Waals surface area contributed by atoms with Gasteiger partial charge in [-0.2, -0.15) is 0 Å². The van der Waals surface area contributed by atoms with Crippen LogP contribution in [-0.2, 0) is 14.3 Å². The monoisotopic (exact) mass is 319 g/mol. The maximum Gasteiger partial charge on any atom is 0.329 e. The highest BCUT2D eigenvalue weighted by molar-refractivity contribution is 6.42. The fourth-order valence-corrected chi connectivity index (χ4v) is 1.80. The van der Waals surface area contributed by atoms with E-state index < -0.39 is 5.97 Å². The first-order chi connectivity index (χ1) is 9.41. The summed E-state index contributed by atoms with van der Waals surface area (Å²) in [6, 6.07) is 5.02. The summed E-state index contributed by atoms with van der Waals surface area (Å²) in [5.74, 6) is -1.62. The van der Waals surface area contributed by atoms with Crippen molar-refractivity contribution < 1.29 is 19.4 Å². The number of ether oxygens (including phenoxy) is 1. The number of nitrogens with one attached hydrogen (secondary N) is 1. The molecule has 0 spiro atoms. The maximum atomic E-state index is 11.9. The van der Waals surface area contributed by atoms with Gasteiger partial charge >= 0.3 is 5.97 Å². The predicted molar refractivity (Wildman–Crippen MR) is 76.3 cm³/mol. The van der Waals surface area contributed by atoms with Crippen LogP contribution in [0.1, 0.15) is 18.4 Å². The van der Waals surface area contributed by atoms with Crippen LogP contribution in [0.4, 0.5) is 0 Å². The van der Waals surface area contributed by atoms with Gasteiger partial charge in [0.25, 0.3) is 0 Å². The highest BCUT2D eigenvalue weighted by Crippen LogP contribution is 2.26. The number of carbonyl (C=O) groups excluding carboxylic acids is 1. The number of rotatable bonds is 7. The van der Waals surface area contributed by atoms with Crippen LogP contribution in [0, 0.1) is 0 Å². The van der Waals surface area contributed by atoms with Gasteiger partial charge in [0.1, 0.15) is 6.61 Å². The quantitative estimate of drug-likeness (QED) is 0.756. The van der Waals surface area contributed by atoms with E-state index in [9.17, 15) is 9.59 Å². The van der Waals surface area contributed by atoms with Gasteiger partial charge in [0.2, 0.25) is 5.91 Å². The van der Waals surface area contributed by atoms with Crippen molar-refractivity contribution in [2.45, 2.75) is 12.8 Å². The molecule has 0 radical (unpaired) electrons. The van der Waals surface area contributed by atoms with E-state index in [2.05, 4.69) is 5.32 Å². The summed E-state index contributed by atoms with van der Waals surface area (Å²) in [7, 11) is 0. The molecule has 0 saturated heterocycles. The third kappa shape index (κ3) is 5.36. The van der Waals surface area contributed by atoms with Crippen LogP contribution in [0.15, 0.2) is 18.2 Å². The molecular weight excluding hydrogens is 305 g/mol. The van der Waals surface area contributed by atoms with E-state index in [1.807, 2.05) is 0 Å². The summed E-state index contributed by atoms with van der Waals surface area (Å²) < 4.78 is 4.81. The van der Waals surface area contributed by atoms with Crippen molar-refractivity contribution >= 4 is 35.1 Å². The van der Waals surface area contributed by atoms with Crippen molar-refractivity contribution in [1.29, 1.82) is 0 Å². The third-order valence-electron chi connectivity index (χ3n) is 2.61. The van der Waals surface area contributed by atoms with E-state index in [1.165, 1.54) is 0 Å². The average Bonchev–Trinajstić information content (AvgIpc) is 2.40. The lowest BCUT2D eigenvalue weighted by Crippen LogP contribution is -2.31. The lowest BCUT2D eigenvalue weighted by molar-refractivity contribution is -0.142. The first-order valence-electron chi connectivity index (χ1n) is 5.94. The second-order valence-electron chi connectivity index (χ2n) is 4.13. The Labute approximate surface area is 126 Å². The number of hydrogen-bond donors (Lipinski definition) is 2. The Balaban J connectivity index is 2.42. The summed E-state index contributed by atoms with van der Waals surface area (Å²) >= 11 is 11.7. The predicted octanol–water partition coefficient (Wildman–Crippen LogP) is 2.31. The zero-order chi connectivity index (χ0) is 15.1. The largest absolute Gasteiger partial charge is 0.480 e. The molecule has 0 fully saturated rings. The summed E-state index contributed by atoms with van der Waals surface area (Å²) in [4.78, 5) is 22.1. The van der Waals surface area contributed by atoms with Gasteiger partial charge in [-0.15, -0.1) is 0 Å². The van der Waals surface area contributed by atoms with Crippen molar-refractivity contribution in [3.63, 3.8) is 0 Å². The standard InChI is InChI=1S/C13H15Cl2NO4/c1-8(9-2-3-10(14)11(15)6-9)13(19)16-4-5-20-7-12(17)18/h2-3,6,8H,4-5,7H2,1H3,(H,16,19)(H,17,18). The van der Waals surface area contributed by atoms with Gasteiger partial charge in [-0.25, -0.2) is 4.79 Å². The highest BCUT2D eigenvalue weighted by atomic mass is 35.5. The Morgan fingerprint density at radius 1 is 1.35 bits per heavy atom. The molecule has 1 atom stereocenters. The molecule has 1 unspecified atom stereocenters. The Morgan fingerprint density at radius 2 is 2.05 bits per heavy atom. The third-order valence-corrected chi connectivity index (χ3v) is 3.35. The van der Waals surface area contributed by atoms with Crippen LogP contribution >= 0.6 is 23.2 Å². The van der Waals surface area contributed by atoms with Gasteiger partial charge in [0, 0.05) is 6.54 Å².